The molecule has 0 saturated heterocycles. The van der Waals surface area contributed by atoms with Crippen LogP contribution in [0, 0.1) is 5.92 Å². The molecule has 0 aromatic carbocycles. The topological polar surface area (TPSA) is 66.4 Å². The van der Waals surface area contributed by atoms with Gasteiger partial charge >= 0.3 is 5.97 Å². The van der Waals surface area contributed by atoms with Gasteiger partial charge in [-0.2, -0.15) is 11.8 Å². The molecule has 4 nitrogen and oxygen atoms in total. The third-order valence-electron chi connectivity index (χ3n) is 2.34. The minimum Gasteiger partial charge on any atom is -0.480 e. The number of hydrogen-bond donors (Lipinski definition) is 2. The van der Waals surface area contributed by atoms with Crippen molar-refractivity contribution in [3.8, 4) is 0 Å². The molecule has 17 heavy (non-hydrogen) atoms. The first kappa shape index (κ1) is 16.3. The van der Waals surface area contributed by atoms with Gasteiger partial charge in [-0.3, -0.25) is 4.79 Å². The van der Waals surface area contributed by atoms with Gasteiger partial charge in [0, 0.05) is 6.42 Å². The molecule has 1 atom stereocenters. The Morgan fingerprint density at radius 3 is 2.41 bits per heavy atom. The fourth-order valence-corrected chi connectivity index (χ4v) is 1.98. The van der Waals surface area contributed by atoms with Crippen LogP contribution in [0.4, 0.5) is 0 Å². The van der Waals surface area contributed by atoms with Crippen LogP contribution < -0.4 is 5.32 Å². The van der Waals surface area contributed by atoms with Crippen molar-refractivity contribution in [3.63, 3.8) is 0 Å². The molecule has 0 heterocycles. The zero-order chi connectivity index (χ0) is 13.3. The molecule has 0 rings (SSSR count). The number of nitrogens with one attached hydrogen (secondary N) is 1. The van der Waals surface area contributed by atoms with E-state index in [1.54, 1.807) is 11.8 Å². The predicted octanol–water partition coefficient (Wildman–Crippen LogP) is 2.14. The van der Waals surface area contributed by atoms with Crippen LogP contribution in [0.2, 0.25) is 0 Å². The first-order valence-corrected chi connectivity index (χ1v) is 7.37. The molecular weight excluding hydrogens is 238 g/mol. The van der Waals surface area contributed by atoms with Gasteiger partial charge in [-0.05, 0) is 37.2 Å². The fourth-order valence-electron chi connectivity index (χ4n) is 1.49. The number of unbranched alkanes of at least 4 members (excludes halogenated alkanes) is 1. The molecule has 0 aliphatic rings. The van der Waals surface area contributed by atoms with Crippen molar-refractivity contribution in [1.82, 2.24) is 5.32 Å². The number of carboxylic acid groups (broad SMARTS) is 1. The van der Waals surface area contributed by atoms with Gasteiger partial charge in [0.05, 0.1) is 0 Å². The zero-order valence-corrected chi connectivity index (χ0v) is 11.7. The lowest BCUT2D eigenvalue weighted by molar-refractivity contribution is -0.142. The number of carbonyl (C=O) groups excluding carboxylic acids is 1. The van der Waals surface area contributed by atoms with Crippen molar-refractivity contribution in [1.29, 1.82) is 0 Å². The number of amides is 1. The first-order chi connectivity index (χ1) is 7.97. The molecule has 100 valence electrons. The lowest BCUT2D eigenvalue weighted by atomic mass is 10.0. The first-order valence-electron chi connectivity index (χ1n) is 5.98. The van der Waals surface area contributed by atoms with Crippen molar-refractivity contribution in [2.75, 3.05) is 12.0 Å². The number of rotatable bonds is 9. The highest BCUT2D eigenvalue weighted by Crippen LogP contribution is 2.06. The number of hydrogen-bond acceptors (Lipinski definition) is 3. The summed E-state index contributed by atoms with van der Waals surface area (Å²) in [6.07, 6.45) is 4.74. The summed E-state index contributed by atoms with van der Waals surface area (Å²) >= 11 is 1.75. The summed E-state index contributed by atoms with van der Waals surface area (Å²) in [4.78, 5) is 22.5. The summed E-state index contributed by atoms with van der Waals surface area (Å²) in [6.45, 7) is 3.89. The van der Waals surface area contributed by atoms with Gasteiger partial charge < -0.3 is 10.4 Å². The minimum absolute atomic E-state index is 0.154. The SMILES string of the molecule is CSCCCCC(=O)NC(CC(C)C)C(=O)O. The lowest BCUT2D eigenvalue weighted by Crippen LogP contribution is -2.41. The molecule has 0 aliphatic heterocycles. The van der Waals surface area contributed by atoms with Crippen LogP contribution in [0.15, 0.2) is 0 Å². The van der Waals surface area contributed by atoms with E-state index in [1.807, 2.05) is 20.1 Å². The maximum atomic E-state index is 11.5. The molecule has 1 unspecified atom stereocenters. The predicted molar refractivity (Wildman–Crippen MR) is 71.3 cm³/mol. The Kier molecular flexibility index (Phi) is 8.94. The summed E-state index contributed by atoms with van der Waals surface area (Å²) in [5, 5.41) is 11.5. The van der Waals surface area contributed by atoms with Crippen molar-refractivity contribution < 1.29 is 14.7 Å². The van der Waals surface area contributed by atoms with E-state index in [4.69, 9.17) is 5.11 Å². The number of carbonyl (C=O) groups is 2. The Bertz CT molecular complexity index is 244. The van der Waals surface area contributed by atoms with Crippen molar-refractivity contribution >= 4 is 23.6 Å². The molecule has 0 aromatic rings. The van der Waals surface area contributed by atoms with Crippen LogP contribution in [-0.2, 0) is 9.59 Å². The fraction of sp³-hybridized carbons (Fsp3) is 0.833. The smallest absolute Gasteiger partial charge is 0.326 e. The average Bonchev–Trinajstić information content (AvgIpc) is 2.22. The van der Waals surface area contributed by atoms with Crippen LogP contribution >= 0.6 is 11.8 Å². The molecule has 0 radical (unpaired) electrons. The summed E-state index contributed by atoms with van der Waals surface area (Å²) in [5.41, 5.74) is 0. The molecule has 0 aliphatic carbocycles. The summed E-state index contributed by atoms with van der Waals surface area (Å²) in [5.74, 6) is 0.199. The molecule has 0 aromatic heterocycles. The molecule has 0 saturated carbocycles. The van der Waals surface area contributed by atoms with Crippen LogP contribution in [0.1, 0.15) is 39.5 Å². The second-order valence-electron chi connectivity index (χ2n) is 4.54. The van der Waals surface area contributed by atoms with E-state index in [0.717, 1.165) is 18.6 Å². The van der Waals surface area contributed by atoms with E-state index >= 15 is 0 Å². The lowest BCUT2D eigenvalue weighted by Gasteiger charge is -2.16. The van der Waals surface area contributed by atoms with Crippen molar-refractivity contribution in [3.05, 3.63) is 0 Å². The van der Waals surface area contributed by atoms with Gasteiger partial charge in [0.15, 0.2) is 0 Å². The van der Waals surface area contributed by atoms with Crippen LogP contribution in [0.5, 0.6) is 0 Å². The highest BCUT2D eigenvalue weighted by molar-refractivity contribution is 7.98. The Hall–Kier alpha value is -0.710. The molecule has 0 spiro atoms. The average molecular weight is 261 g/mol. The van der Waals surface area contributed by atoms with E-state index in [1.165, 1.54) is 0 Å². The van der Waals surface area contributed by atoms with Gasteiger partial charge in [0.1, 0.15) is 6.04 Å². The molecule has 1 amide bonds. The van der Waals surface area contributed by atoms with Crippen LogP contribution in [-0.4, -0.2) is 35.0 Å². The molecule has 0 bridgehead atoms. The second kappa shape index (κ2) is 9.33. The van der Waals surface area contributed by atoms with Crippen LogP contribution in [0.25, 0.3) is 0 Å². The molecule has 5 heteroatoms. The monoisotopic (exact) mass is 261 g/mol. The zero-order valence-electron chi connectivity index (χ0n) is 10.9. The van der Waals surface area contributed by atoms with E-state index in [0.29, 0.717) is 12.8 Å². The van der Waals surface area contributed by atoms with Gasteiger partial charge in [0.25, 0.3) is 0 Å². The van der Waals surface area contributed by atoms with Gasteiger partial charge in [-0.25, -0.2) is 4.79 Å². The highest BCUT2D eigenvalue weighted by Gasteiger charge is 2.20. The van der Waals surface area contributed by atoms with Gasteiger partial charge in [-0.1, -0.05) is 13.8 Å². The van der Waals surface area contributed by atoms with Gasteiger partial charge in [0.2, 0.25) is 5.91 Å². The summed E-state index contributed by atoms with van der Waals surface area (Å²) in [7, 11) is 0. The third kappa shape index (κ3) is 9.03. The van der Waals surface area contributed by atoms with Crippen molar-refractivity contribution in [2.24, 2.45) is 5.92 Å². The van der Waals surface area contributed by atoms with Gasteiger partial charge in [-0.15, -0.1) is 0 Å². The molecular formula is C12H23NO3S. The molecule has 0 fully saturated rings. The second-order valence-corrected chi connectivity index (χ2v) is 5.52. The normalized spacial score (nSPS) is 12.5. The Morgan fingerprint density at radius 1 is 1.29 bits per heavy atom. The largest absolute Gasteiger partial charge is 0.480 e. The minimum atomic E-state index is -0.948. The summed E-state index contributed by atoms with van der Waals surface area (Å²) < 4.78 is 0. The maximum Gasteiger partial charge on any atom is 0.326 e. The summed E-state index contributed by atoms with van der Waals surface area (Å²) in [6, 6.07) is -0.747. The highest BCUT2D eigenvalue weighted by atomic mass is 32.2. The number of thioether (sulfide) groups is 1. The Labute approximate surface area is 108 Å². The Balaban J connectivity index is 3.91. The maximum absolute atomic E-state index is 11.5. The van der Waals surface area contributed by atoms with E-state index in [9.17, 15) is 9.59 Å². The van der Waals surface area contributed by atoms with Crippen molar-refractivity contribution in [2.45, 2.75) is 45.6 Å². The third-order valence-corrected chi connectivity index (χ3v) is 3.04. The standard InChI is InChI=1S/C12H23NO3S/c1-9(2)8-10(12(15)16)13-11(14)6-4-5-7-17-3/h9-10H,4-8H2,1-3H3,(H,13,14)(H,15,16). The number of aliphatic carboxylic acids is 1. The van der Waals surface area contributed by atoms with E-state index in [-0.39, 0.29) is 11.8 Å². The Morgan fingerprint density at radius 2 is 1.94 bits per heavy atom. The quantitative estimate of drug-likeness (QED) is 0.624. The number of carboxylic acids is 1. The van der Waals surface area contributed by atoms with Crippen LogP contribution in [0.3, 0.4) is 0 Å². The van der Waals surface area contributed by atoms with E-state index < -0.39 is 12.0 Å². The molecule has 2 N–H and O–H groups in total. The van der Waals surface area contributed by atoms with E-state index in [2.05, 4.69) is 5.32 Å².